The molecule has 3 atom stereocenters. The van der Waals surface area contributed by atoms with E-state index in [1.54, 1.807) is 43.3 Å². The van der Waals surface area contributed by atoms with Crippen LogP contribution in [-0.4, -0.2) is 44.3 Å². The number of nitrogens with one attached hydrogen (secondary N) is 2. The van der Waals surface area contributed by atoms with Crippen LogP contribution in [0.15, 0.2) is 48.7 Å². The lowest BCUT2D eigenvalue weighted by atomic mass is 10.0. The Bertz CT molecular complexity index is 1500. The van der Waals surface area contributed by atoms with Crippen LogP contribution in [0, 0.1) is 11.3 Å². The fraction of sp³-hybridized carbons (Fsp3) is 0.231. The van der Waals surface area contributed by atoms with Crippen LogP contribution < -0.4 is 21.3 Å². The first kappa shape index (κ1) is 28.0. The summed E-state index contributed by atoms with van der Waals surface area (Å²) in [4.78, 5) is 45.5. The Hall–Kier alpha value is -3.98. The zero-order valence-electron chi connectivity index (χ0n) is 20.8. The highest BCUT2D eigenvalue weighted by Gasteiger charge is 2.42. The van der Waals surface area contributed by atoms with Crippen molar-refractivity contribution in [2.45, 2.75) is 38.4 Å². The number of rotatable bonds is 8. The summed E-state index contributed by atoms with van der Waals surface area (Å²) in [5.74, 6) is -1.25. The van der Waals surface area contributed by atoms with Crippen LogP contribution in [0.2, 0.25) is 10.0 Å². The maximum absolute atomic E-state index is 13.8. The summed E-state index contributed by atoms with van der Waals surface area (Å²) in [5.41, 5.74) is 7.27. The molecular formula is C26H23Cl2N7O3S. The molecule has 0 fully saturated rings. The second-order valence-electron chi connectivity index (χ2n) is 8.97. The number of amides is 3. The zero-order valence-corrected chi connectivity index (χ0v) is 23.1. The van der Waals surface area contributed by atoms with E-state index in [0.29, 0.717) is 21.3 Å². The third kappa shape index (κ3) is 5.88. The van der Waals surface area contributed by atoms with Crippen molar-refractivity contribution in [3.63, 3.8) is 0 Å². The molecular weight excluding hydrogens is 561 g/mol. The fourth-order valence-corrected chi connectivity index (χ4v) is 4.70. The summed E-state index contributed by atoms with van der Waals surface area (Å²) in [7, 11) is 0. The molecule has 0 saturated heterocycles. The molecule has 3 aromatic rings. The van der Waals surface area contributed by atoms with E-state index >= 15 is 0 Å². The summed E-state index contributed by atoms with van der Waals surface area (Å²) in [6, 6.07) is 11.2. The van der Waals surface area contributed by atoms with E-state index in [-0.39, 0.29) is 29.0 Å². The predicted molar refractivity (Wildman–Crippen MR) is 151 cm³/mol. The largest absolute Gasteiger partial charge is 0.392 e. The van der Waals surface area contributed by atoms with Crippen molar-refractivity contribution in [2.24, 2.45) is 5.73 Å². The molecule has 2 heterocycles. The number of thiocarbonyl (C=S) groups is 1. The second-order valence-corrected chi connectivity index (χ2v) is 10.3. The molecule has 0 radical (unpaired) electrons. The SMILES string of the molecule is CC(NC(=O)c1cnc2n1C(Cc1ccc(C#N)cc1)C(=O)N2c1cc(Cl)cc(Cl)c1)C(=O)NC(C)C(N)=S. The lowest BCUT2D eigenvalue weighted by molar-refractivity contribution is -0.123. The molecule has 0 saturated carbocycles. The average Bonchev–Trinajstić information content (AvgIpc) is 3.41. The van der Waals surface area contributed by atoms with Crippen molar-refractivity contribution in [2.75, 3.05) is 4.90 Å². The Labute approximate surface area is 239 Å². The summed E-state index contributed by atoms with van der Waals surface area (Å²) >= 11 is 17.3. The number of halogens is 2. The van der Waals surface area contributed by atoms with Gasteiger partial charge in [-0.1, -0.05) is 47.6 Å². The van der Waals surface area contributed by atoms with Gasteiger partial charge in [0.1, 0.15) is 17.8 Å². The summed E-state index contributed by atoms with van der Waals surface area (Å²) in [6.45, 7) is 3.15. The third-order valence-electron chi connectivity index (χ3n) is 6.17. The van der Waals surface area contributed by atoms with Crippen LogP contribution in [-0.2, 0) is 16.0 Å². The van der Waals surface area contributed by atoms with Crippen LogP contribution in [0.5, 0.6) is 0 Å². The van der Waals surface area contributed by atoms with Gasteiger partial charge < -0.3 is 16.4 Å². The highest BCUT2D eigenvalue weighted by Crippen LogP contribution is 2.40. The Morgan fingerprint density at radius 1 is 1.13 bits per heavy atom. The molecule has 0 bridgehead atoms. The number of nitrogens with two attached hydrogens (primary N) is 1. The first-order valence-corrected chi connectivity index (χ1v) is 12.9. The number of fused-ring (bicyclic) bond motifs is 1. The smallest absolute Gasteiger partial charge is 0.270 e. The minimum atomic E-state index is -0.933. The minimum absolute atomic E-state index is 0.0784. The molecule has 10 nitrogen and oxygen atoms in total. The molecule has 4 rings (SSSR count). The molecule has 1 aliphatic rings. The van der Waals surface area contributed by atoms with Crippen molar-refractivity contribution in [1.29, 1.82) is 5.26 Å². The molecule has 3 unspecified atom stereocenters. The number of imidazole rings is 1. The maximum Gasteiger partial charge on any atom is 0.270 e. The number of carbonyl (C=O) groups excluding carboxylic acids is 3. The van der Waals surface area contributed by atoms with Crippen molar-refractivity contribution in [3.05, 3.63) is 75.5 Å². The number of hydrogen-bond donors (Lipinski definition) is 3. The molecule has 0 aliphatic carbocycles. The number of anilines is 2. The van der Waals surface area contributed by atoms with Crippen molar-refractivity contribution < 1.29 is 14.4 Å². The van der Waals surface area contributed by atoms with Gasteiger partial charge in [0.25, 0.3) is 11.8 Å². The summed E-state index contributed by atoms with van der Waals surface area (Å²) in [5, 5.41) is 15.0. The number of hydrogen-bond acceptors (Lipinski definition) is 6. The quantitative estimate of drug-likeness (QED) is 0.344. The van der Waals surface area contributed by atoms with E-state index in [1.165, 1.54) is 28.7 Å². The van der Waals surface area contributed by atoms with Gasteiger partial charge >= 0.3 is 0 Å². The van der Waals surface area contributed by atoms with E-state index in [0.717, 1.165) is 5.56 Å². The zero-order chi connectivity index (χ0) is 28.4. The lowest BCUT2D eigenvalue weighted by Gasteiger charge is -2.19. The van der Waals surface area contributed by atoms with Crippen molar-refractivity contribution in [3.8, 4) is 6.07 Å². The average molecular weight is 584 g/mol. The highest BCUT2D eigenvalue weighted by atomic mass is 35.5. The normalized spacial score (nSPS) is 15.7. The van der Waals surface area contributed by atoms with Crippen LogP contribution in [0.3, 0.4) is 0 Å². The second kappa shape index (κ2) is 11.4. The summed E-state index contributed by atoms with van der Waals surface area (Å²) < 4.78 is 1.52. The number of aromatic nitrogens is 2. The number of nitrogens with zero attached hydrogens (tertiary/aromatic N) is 4. The van der Waals surface area contributed by atoms with Gasteiger partial charge in [0.05, 0.1) is 34.5 Å². The first-order valence-electron chi connectivity index (χ1n) is 11.8. The topological polar surface area (TPSA) is 146 Å². The van der Waals surface area contributed by atoms with E-state index in [2.05, 4.69) is 21.7 Å². The van der Waals surface area contributed by atoms with Gasteiger partial charge in [-0.3, -0.25) is 19.0 Å². The number of nitriles is 1. The number of carbonyl (C=O) groups is 3. The van der Waals surface area contributed by atoms with Crippen LogP contribution in [0.1, 0.15) is 41.5 Å². The van der Waals surface area contributed by atoms with Gasteiger partial charge in [0.2, 0.25) is 11.9 Å². The molecule has 0 spiro atoms. The van der Waals surface area contributed by atoms with E-state index in [9.17, 15) is 14.4 Å². The van der Waals surface area contributed by atoms with Gasteiger partial charge in [0, 0.05) is 16.5 Å². The summed E-state index contributed by atoms with van der Waals surface area (Å²) in [6.07, 6.45) is 1.55. The molecule has 39 heavy (non-hydrogen) atoms. The van der Waals surface area contributed by atoms with Crippen LogP contribution in [0.25, 0.3) is 0 Å². The molecule has 4 N–H and O–H groups in total. The van der Waals surface area contributed by atoms with E-state index < -0.39 is 29.9 Å². The Balaban J connectivity index is 1.69. The number of benzene rings is 2. The Morgan fingerprint density at radius 3 is 2.36 bits per heavy atom. The molecule has 2 aromatic carbocycles. The molecule has 200 valence electrons. The third-order valence-corrected chi connectivity index (χ3v) is 6.96. The van der Waals surface area contributed by atoms with Crippen LogP contribution in [0.4, 0.5) is 11.6 Å². The molecule has 1 aliphatic heterocycles. The van der Waals surface area contributed by atoms with Gasteiger partial charge in [-0.05, 0) is 49.7 Å². The standard InChI is InChI=1S/C26H23Cl2N7O3S/c1-13(22(30)39)32-23(36)14(2)33-24(37)21-12-31-26-34(19-9-17(27)8-18(28)10-19)25(38)20(35(21)26)7-15-3-5-16(11-29)6-4-15/h3-6,8-10,12-14,20H,7H2,1-2H3,(H2,30,39)(H,32,36)(H,33,37). The monoisotopic (exact) mass is 583 g/mol. The van der Waals surface area contributed by atoms with E-state index in [1.807, 2.05) is 0 Å². The molecule has 13 heteroatoms. The first-order chi connectivity index (χ1) is 18.5. The van der Waals surface area contributed by atoms with Gasteiger partial charge in [-0.15, -0.1) is 0 Å². The van der Waals surface area contributed by atoms with Gasteiger partial charge in [-0.2, -0.15) is 5.26 Å². The minimum Gasteiger partial charge on any atom is -0.392 e. The van der Waals surface area contributed by atoms with Gasteiger partial charge in [-0.25, -0.2) is 9.88 Å². The molecule has 1 aromatic heterocycles. The van der Waals surface area contributed by atoms with Gasteiger partial charge in [0.15, 0.2) is 0 Å². The highest BCUT2D eigenvalue weighted by molar-refractivity contribution is 7.80. The van der Waals surface area contributed by atoms with Crippen molar-refractivity contribution >= 4 is 69.8 Å². The molecule has 3 amide bonds. The Morgan fingerprint density at radius 2 is 1.77 bits per heavy atom. The van der Waals surface area contributed by atoms with E-state index in [4.69, 9.17) is 46.4 Å². The Kier molecular flexibility index (Phi) is 8.20. The fourth-order valence-electron chi connectivity index (χ4n) is 4.12. The van der Waals surface area contributed by atoms with Crippen LogP contribution >= 0.6 is 35.4 Å². The predicted octanol–water partition coefficient (Wildman–Crippen LogP) is 3.43. The maximum atomic E-state index is 13.8. The van der Waals surface area contributed by atoms with Crippen molar-refractivity contribution in [1.82, 2.24) is 20.2 Å². The lowest BCUT2D eigenvalue weighted by Crippen LogP contribution is -2.50.